The van der Waals surface area contributed by atoms with E-state index >= 15 is 0 Å². The van der Waals surface area contributed by atoms with Crippen LogP contribution < -0.4 is 10.2 Å². The standard InChI is InChI=1S/C23H31N5O3S/c1-26-13-15-27(16-14-26)22-10-9-20(18-24-22)25-23(29)19-7-6-8-21(17-19)32(30,31)28-11-4-2-3-5-12-28/h6-10,17-18H,2-5,11-16H2,1H3,(H,25,29). The van der Waals surface area contributed by atoms with E-state index in [1.165, 1.54) is 10.4 Å². The van der Waals surface area contributed by atoms with E-state index < -0.39 is 10.0 Å². The molecule has 1 aromatic heterocycles. The lowest BCUT2D eigenvalue weighted by atomic mass is 10.2. The van der Waals surface area contributed by atoms with Crippen molar-refractivity contribution in [1.29, 1.82) is 0 Å². The number of hydrogen-bond donors (Lipinski definition) is 1. The van der Waals surface area contributed by atoms with E-state index in [0.717, 1.165) is 57.7 Å². The normalized spacial score (nSPS) is 18.8. The van der Waals surface area contributed by atoms with Crippen molar-refractivity contribution in [1.82, 2.24) is 14.2 Å². The minimum Gasteiger partial charge on any atom is -0.354 e. The van der Waals surface area contributed by atoms with Gasteiger partial charge in [0.2, 0.25) is 10.0 Å². The highest BCUT2D eigenvalue weighted by molar-refractivity contribution is 7.89. The van der Waals surface area contributed by atoms with Crippen molar-refractivity contribution in [2.75, 3.05) is 56.5 Å². The average molecular weight is 458 g/mol. The van der Waals surface area contributed by atoms with Crippen molar-refractivity contribution in [3.8, 4) is 0 Å². The number of pyridine rings is 1. The number of carbonyl (C=O) groups is 1. The van der Waals surface area contributed by atoms with Gasteiger partial charge in [0.05, 0.1) is 16.8 Å². The Labute approximate surface area is 190 Å². The molecule has 4 rings (SSSR count). The summed E-state index contributed by atoms with van der Waals surface area (Å²) in [7, 11) is -1.50. The molecule has 0 spiro atoms. The molecule has 0 saturated carbocycles. The molecule has 0 bridgehead atoms. The van der Waals surface area contributed by atoms with Gasteiger partial charge in [-0.15, -0.1) is 0 Å². The molecule has 2 aromatic rings. The summed E-state index contributed by atoms with van der Waals surface area (Å²) in [6, 6.07) is 10.00. The number of anilines is 2. The van der Waals surface area contributed by atoms with Crippen LogP contribution in [0.15, 0.2) is 47.5 Å². The molecule has 0 aliphatic carbocycles. The number of benzene rings is 1. The molecule has 9 heteroatoms. The fraction of sp³-hybridized carbons (Fsp3) is 0.478. The molecule has 2 aliphatic rings. The molecule has 172 valence electrons. The number of rotatable bonds is 5. The Balaban J connectivity index is 1.43. The number of piperazine rings is 1. The maximum absolute atomic E-state index is 13.1. The van der Waals surface area contributed by atoms with Crippen molar-refractivity contribution in [2.24, 2.45) is 0 Å². The average Bonchev–Trinajstić information content (AvgIpc) is 3.11. The highest BCUT2D eigenvalue weighted by Crippen LogP contribution is 2.22. The van der Waals surface area contributed by atoms with Gasteiger partial charge in [-0.2, -0.15) is 4.31 Å². The molecule has 0 radical (unpaired) electrons. The topological polar surface area (TPSA) is 85.8 Å². The van der Waals surface area contributed by atoms with Crippen LogP contribution in [0.2, 0.25) is 0 Å². The fourth-order valence-electron chi connectivity index (χ4n) is 4.11. The summed E-state index contributed by atoms with van der Waals surface area (Å²) < 4.78 is 27.7. The molecule has 8 nitrogen and oxygen atoms in total. The van der Waals surface area contributed by atoms with E-state index in [4.69, 9.17) is 0 Å². The van der Waals surface area contributed by atoms with Crippen LogP contribution in [0.1, 0.15) is 36.0 Å². The Kier molecular flexibility index (Phi) is 7.07. The zero-order valence-electron chi connectivity index (χ0n) is 18.5. The molecule has 1 amide bonds. The van der Waals surface area contributed by atoms with Crippen molar-refractivity contribution in [3.05, 3.63) is 48.2 Å². The number of nitrogens with one attached hydrogen (secondary N) is 1. The van der Waals surface area contributed by atoms with E-state index in [1.807, 2.05) is 12.1 Å². The Morgan fingerprint density at radius 1 is 0.938 bits per heavy atom. The first-order chi connectivity index (χ1) is 15.4. The lowest BCUT2D eigenvalue weighted by Gasteiger charge is -2.33. The van der Waals surface area contributed by atoms with E-state index in [9.17, 15) is 13.2 Å². The molecule has 0 atom stereocenters. The van der Waals surface area contributed by atoms with Crippen molar-refractivity contribution in [2.45, 2.75) is 30.6 Å². The van der Waals surface area contributed by atoms with Crippen LogP contribution in [-0.4, -0.2) is 74.8 Å². The summed E-state index contributed by atoms with van der Waals surface area (Å²) in [5.74, 6) is 0.536. The summed E-state index contributed by atoms with van der Waals surface area (Å²) in [6.07, 6.45) is 5.49. The number of aromatic nitrogens is 1. The van der Waals surface area contributed by atoms with Crippen molar-refractivity contribution >= 4 is 27.4 Å². The second-order valence-corrected chi connectivity index (χ2v) is 10.4. The van der Waals surface area contributed by atoms with E-state index in [0.29, 0.717) is 24.3 Å². The zero-order valence-corrected chi connectivity index (χ0v) is 19.4. The SMILES string of the molecule is CN1CCN(c2ccc(NC(=O)c3cccc(S(=O)(=O)N4CCCCCC4)c3)cn2)CC1. The Morgan fingerprint density at radius 3 is 2.31 bits per heavy atom. The van der Waals surface area contributed by atoms with Crippen LogP contribution in [0.5, 0.6) is 0 Å². The van der Waals surface area contributed by atoms with Crippen LogP contribution in [0.4, 0.5) is 11.5 Å². The number of amides is 1. The van der Waals surface area contributed by atoms with Gasteiger partial charge in [-0.3, -0.25) is 4.79 Å². The lowest BCUT2D eigenvalue weighted by molar-refractivity contribution is 0.102. The van der Waals surface area contributed by atoms with Gasteiger partial charge in [0, 0.05) is 44.8 Å². The number of hydrogen-bond acceptors (Lipinski definition) is 6. The Hall–Kier alpha value is -2.49. The summed E-state index contributed by atoms with van der Waals surface area (Å²) >= 11 is 0. The Morgan fingerprint density at radius 2 is 1.66 bits per heavy atom. The minimum absolute atomic E-state index is 0.163. The van der Waals surface area contributed by atoms with Gasteiger partial charge >= 0.3 is 0 Å². The molecule has 2 saturated heterocycles. The second-order valence-electron chi connectivity index (χ2n) is 8.50. The molecular formula is C23H31N5O3S. The number of nitrogens with zero attached hydrogens (tertiary/aromatic N) is 4. The van der Waals surface area contributed by atoms with Gasteiger partial charge in [-0.1, -0.05) is 18.9 Å². The van der Waals surface area contributed by atoms with Crippen LogP contribution in [0.25, 0.3) is 0 Å². The van der Waals surface area contributed by atoms with Crippen LogP contribution in [-0.2, 0) is 10.0 Å². The third-order valence-corrected chi connectivity index (χ3v) is 8.03. The molecule has 1 N–H and O–H groups in total. The van der Waals surface area contributed by atoms with Crippen LogP contribution in [0, 0.1) is 0 Å². The van der Waals surface area contributed by atoms with Gasteiger partial charge in [-0.25, -0.2) is 13.4 Å². The Bertz CT molecular complexity index is 1030. The molecule has 0 unspecified atom stereocenters. The maximum Gasteiger partial charge on any atom is 0.255 e. The predicted molar refractivity (Wildman–Crippen MR) is 126 cm³/mol. The maximum atomic E-state index is 13.1. The smallest absolute Gasteiger partial charge is 0.255 e. The molecule has 1 aromatic carbocycles. The molecular weight excluding hydrogens is 426 g/mol. The highest BCUT2D eigenvalue weighted by Gasteiger charge is 2.26. The fourth-order valence-corrected chi connectivity index (χ4v) is 5.68. The number of carbonyl (C=O) groups excluding carboxylic acids is 1. The predicted octanol–water partition coefficient (Wildman–Crippen LogP) is 2.65. The van der Waals surface area contributed by atoms with Gasteiger partial charge in [0.25, 0.3) is 5.91 Å². The lowest BCUT2D eigenvalue weighted by Crippen LogP contribution is -2.44. The van der Waals surface area contributed by atoms with Gasteiger partial charge in [0.15, 0.2) is 0 Å². The van der Waals surface area contributed by atoms with Crippen LogP contribution >= 0.6 is 0 Å². The quantitative estimate of drug-likeness (QED) is 0.743. The number of likely N-dealkylation sites (N-methyl/N-ethyl adjacent to an activating group) is 1. The monoisotopic (exact) mass is 457 g/mol. The van der Waals surface area contributed by atoms with Gasteiger partial charge in [-0.05, 0) is 50.2 Å². The van der Waals surface area contributed by atoms with Crippen molar-refractivity contribution < 1.29 is 13.2 Å². The molecule has 3 heterocycles. The van der Waals surface area contributed by atoms with Crippen molar-refractivity contribution in [3.63, 3.8) is 0 Å². The first kappa shape index (κ1) is 22.7. The first-order valence-electron chi connectivity index (χ1n) is 11.2. The largest absolute Gasteiger partial charge is 0.354 e. The zero-order chi connectivity index (χ0) is 22.6. The molecule has 2 aliphatic heterocycles. The third kappa shape index (κ3) is 5.28. The molecule has 2 fully saturated rings. The minimum atomic E-state index is -3.60. The third-order valence-electron chi connectivity index (χ3n) is 6.13. The summed E-state index contributed by atoms with van der Waals surface area (Å²) in [5.41, 5.74) is 0.887. The molecule has 32 heavy (non-hydrogen) atoms. The highest BCUT2D eigenvalue weighted by atomic mass is 32.2. The summed E-state index contributed by atoms with van der Waals surface area (Å²) in [4.78, 5) is 21.9. The van der Waals surface area contributed by atoms with Gasteiger partial charge in [0.1, 0.15) is 5.82 Å². The number of sulfonamides is 1. The summed E-state index contributed by atoms with van der Waals surface area (Å²) in [6.45, 7) is 4.91. The van der Waals surface area contributed by atoms with Crippen LogP contribution in [0.3, 0.4) is 0 Å². The van der Waals surface area contributed by atoms with E-state index in [-0.39, 0.29) is 10.8 Å². The summed E-state index contributed by atoms with van der Waals surface area (Å²) in [5, 5.41) is 2.83. The first-order valence-corrected chi connectivity index (χ1v) is 12.7. The van der Waals surface area contributed by atoms with E-state index in [2.05, 4.69) is 27.1 Å². The van der Waals surface area contributed by atoms with Gasteiger partial charge < -0.3 is 15.1 Å². The second kappa shape index (κ2) is 9.97. The van der Waals surface area contributed by atoms with E-state index in [1.54, 1.807) is 24.4 Å².